The molecule has 0 radical (unpaired) electrons. The zero-order valence-corrected chi connectivity index (χ0v) is 23.6. The monoisotopic (exact) mass is 458 g/mol. The van der Waals surface area contributed by atoms with E-state index in [-0.39, 0.29) is 57.5 Å². The second-order valence-corrected chi connectivity index (χ2v) is 10.2. The summed E-state index contributed by atoms with van der Waals surface area (Å²) in [5, 5.41) is 9.34. The number of rotatable bonds is 21. The topological polar surface area (TPSA) is 77.4 Å². The summed E-state index contributed by atoms with van der Waals surface area (Å²) >= 11 is 0. The summed E-state index contributed by atoms with van der Waals surface area (Å²) in [7, 11) is -4.22. The van der Waals surface area contributed by atoms with Crippen molar-refractivity contribution in [1.29, 1.82) is 0 Å². The molecule has 0 aromatic heterocycles. The molecule has 2 atom stereocenters. The van der Waals surface area contributed by atoms with E-state index >= 15 is 0 Å². The second-order valence-electron chi connectivity index (χ2n) is 8.52. The average molecular weight is 459 g/mol. The smallest absolute Gasteiger partial charge is 0.748 e. The van der Waals surface area contributed by atoms with Gasteiger partial charge in [-0.15, -0.1) is 0 Å². The Balaban J connectivity index is 0. The molecule has 0 aromatic rings. The van der Waals surface area contributed by atoms with Gasteiger partial charge in [-0.2, -0.15) is 0 Å². The van der Waals surface area contributed by atoms with E-state index in [2.05, 4.69) is 13.8 Å². The first-order valence-electron chi connectivity index (χ1n) is 12.0. The van der Waals surface area contributed by atoms with Crippen molar-refractivity contribution in [2.24, 2.45) is 0 Å². The molecule has 0 aromatic carbocycles. The van der Waals surface area contributed by atoms with Gasteiger partial charge in [0.25, 0.3) is 0 Å². The molecule has 0 aliphatic carbocycles. The molecule has 0 aliphatic rings. The van der Waals surface area contributed by atoms with Crippen LogP contribution < -0.4 is 51.4 Å². The predicted molar refractivity (Wildman–Crippen MR) is 119 cm³/mol. The third-order valence-corrected chi connectivity index (χ3v) is 7.03. The number of aliphatic hydroxyl groups excluding tert-OH is 1. The number of hydrogen-bond donors (Lipinski definition) is 1. The quantitative estimate of drug-likeness (QED) is 0.162. The van der Waals surface area contributed by atoms with Gasteiger partial charge in [-0.1, -0.05) is 104 Å². The summed E-state index contributed by atoms with van der Waals surface area (Å²) in [5.41, 5.74) is 0. The van der Waals surface area contributed by atoms with Gasteiger partial charge in [-0.25, -0.2) is 8.42 Å². The minimum absolute atomic E-state index is 0. The minimum atomic E-state index is -4.22. The molecule has 170 valence electrons. The van der Waals surface area contributed by atoms with Crippen LogP contribution in [0.5, 0.6) is 0 Å². The Hall–Kier alpha value is 1.51. The largest absolute Gasteiger partial charge is 1.00 e. The van der Waals surface area contributed by atoms with E-state index in [1.807, 2.05) is 0 Å². The maximum absolute atomic E-state index is 11.5. The summed E-state index contributed by atoms with van der Waals surface area (Å²) in [5.74, 6) is 0. The molecule has 1 N–H and O–H groups in total. The van der Waals surface area contributed by atoms with Crippen LogP contribution in [0.15, 0.2) is 0 Å². The molecular weight excluding hydrogens is 411 g/mol. The Morgan fingerprint density at radius 3 is 1.41 bits per heavy atom. The van der Waals surface area contributed by atoms with Crippen LogP contribution in [0.2, 0.25) is 0 Å². The molecule has 0 amide bonds. The molecule has 0 rings (SSSR count). The molecule has 0 saturated carbocycles. The van der Waals surface area contributed by atoms with Gasteiger partial charge in [-0.05, 0) is 32.1 Å². The number of aliphatic hydroxyl groups is 1. The normalized spacial score (nSPS) is 13.8. The van der Waals surface area contributed by atoms with Crippen LogP contribution in [-0.4, -0.2) is 29.4 Å². The van der Waals surface area contributed by atoms with Gasteiger partial charge in [0.2, 0.25) is 0 Å². The molecule has 0 heterocycles. The fourth-order valence-corrected chi connectivity index (χ4v) is 4.74. The third-order valence-electron chi connectivity index (χ3n) is 5.74. The van der Waals surface area contributed by atoms with Gasteiger partial charge in [0, 0.05) is 5.25 Å². The Morgan fingerprint density at radius 1 is 0.621 bits per heavy atom. The molecule has 0 fully saturated rings. The summed E-state index contributed by atoms with van der Waals surface area (Å²) in [6.07, 6.45) is 19.2. The predicted octanol–water partition coefficient (Wildman–Crippen LogP) is 3.72. The molecule has 4 nitrogen and oxygen atoms in total. The van der Waals surface area contributed by atoms with Crippen LogP contribution in [0, 0.1) is 0 Å². The molecule has 0 aliphatic heterocycles. The van der Waals surface area contributed by atoms with Crippen molar-refractivity contribution >= 4 is 10.1 Å². The standard InChI is InChI=1S/C23H48O4S.K/c1-3-5-7-9-10-11-12-14-15-18-22(24)19-17-21-23(28(25,26)27)20-16-13-8-6-4-2;/h22-24H,3-21H2,1-2H3,(H,25,26,27);/q;+1/p-1. The Bertz CT molecular complexity index is 429. The average Bonchev–Trinajstić information content (AvgIpc) is 2.64. The zero-order valence-electron chi connectivity index (χ0n) is 19.7. The SMILES string of the molecule is CCCCCCCCCCCC(O)CCCC(CCCCCCC)S(=O)(=O)[O-].[K+]. The van der Waals surface area contributed by atoms with Gasteiger partial charge >= 0.3 is 51.4 Å². The van der Waals surface area contributed by atoms with Crippen LogP contribution in [0.4, 0.5) is 0 Å². The van der Waals surface area contributed by atoms with Crippen molar-refractivity contribution in [3.05, 3.63) is 0 Å². The van der Waals surface area contributed by atoms with Crippen molar-refractivity contribution in [3.8, 4) is 0 Å². The summed E-state index contributed by atoms with van der Waals surface area (Å²) in [6.45, 7) is 4.38. The van der Waals surface area contributed by atoms with Crippen LogP contribution >= 0.6 is 0 Å². The van der Waals surface area contributed by atoms with Crippen molar-refractivity contribution in [1.82, 2.24) is 0 Å². The van der Waals surface area contributed by atoms with E-state index in [1.54, 1.807) is 0 Å². The van der Waals surface area contributed by atoms with Gasteiger partial charge < -0.3 is 9.66 Å². The summed E-state index contributed by atoms with van der Waals surface area (Å²) in [6, 6.07) is 0. The number of unbranched alkanes of at least 4 members (excludes halogenated alkanes) is 12. The van der Waals surface area contributed by atoms with E-state index in [1.165, 1.54) is 57.8 Å². The van der Waals surface area contributed by atoms with E-state index in [0.29, 0.717) is 25.7 Å². The maximum atomic E-state index is 11.5. The molecule has 6 heteroatoms. The molecule has 0 bridgehead atoms. The van der Waals surface area contributed by atoms with Gasteiger partial charge in [0.05, 0.1) is 16.2 Å². The first-order chi connectivity index (χ1) is 13.4. The van der Waals surface area contributed by atoms with Crippen LogP contribution in [-0.2, 0) is 10.1 Å². The van der Waals surface area contributed by atoms with Crippen molar-refractivity contribution in [2.45, 2.75) is 147 Å². The Labute approximate surface area is 224 Å². The van der Waals surface area contributed by atoms with E-state index < -0.39 is 15.4 Å². The second kappa shape index (κ2) is 22.7. The first-order valence-corrected chi connectivity index (χ1v) is 13.5. The van der Waals surface area contributed by atoms with Crippen molar-refractivity contribution in [2.75, 3.05) is 0 Å². The molecule has 29 heavy (non-hydrogen) atoms. The summed E-state index contributed by atoms with van der Waals surface area (Å²) < 4.78 is 34.4. The fraction of sp³-hybridized carbons (Fsp3) is 1.00. The van der Waals surface area contributed by atoms with Crippen molar-refractivity contribution < 1.29 is 69.5 Å². The van der Waals surface area contributed by atoms with Crippen molar-refractivity contribution in [3.63, 3.8) is 0 Å². The van der Waals surface area contributed by atoms with E-state index in [4.69, 9.17) is 0 Å². The molecule has 0 spiro atoms. The minimum Gasteiger partial charge on any atom is -0.748 e. The van der Waals surface area contributed by atoms with Crippen LogP contribution in [0.3, 0.4) is 0 Å². The van der Waals surface area contributed by atoms with E-state index in [0.717, 1.165) is 38.5 Å². The van der Waals surface area contributed by atoms with Gasteiger partial charge in [0.15, 0.2) is 0 Å². The molecular formula is C23H47KO4S. The summed E-state index contributed by atoms with van der Waals surface area (Å²) in [4.78, 5) is 0. The fourth-order valence-electron chi connectivity index (χ4n) is 3.82. The van der Waals surface area contributed by atoms with Gasteiger partial charge in [0.1, 0.15) is 0 Å². The maximum Gasteiger partial charge on any atom is 1.00 e. The first kappa shape index (κ1) is 32.7. The Morgan fingerprint density at radius 2 is 0.966 bits per heavy atom. The van der Waals surface area contributed by atoms with Gasteiger partial charge in [-0.3, -0.25) is 0 Å². The van der Waals surface area contributed by atoms with Crippen LogP contribution in [0.1, 0.15) is 136 Å². The molecule has 2 unspecified atom stereocenters. The zero-order chi connectivity index (χ0) is 21.1. The third kappa shape index (κ3) is 22.5. The molecule has 0 saturated heterocycles. The number of hydrogen-bond acceptors (Lipinski definition) is 4. The Kier molecular flexibility index (Phi) is 25.6. The van der Waals surface area contributed by atoms with Crippen LogP contribution in [0.25, 0.3) is 0 Å². The van der Waals surface area contributed by atoms with E-state index in [9.17, 15) is 18.1 Å².